The Hall–Kier alpha value is -3.98. The van der Waals surface area contributed by atoms with E-state index >= 15 is 0 Å². The van der Waals surface area contributed by atoms with Crippen LogP contribution >= 0.6 is 11.6 Å². The van der Waals surface area contributed by atoms with Crippen molar-refractivity contribution in [3.63, 3.8) is 0 Å². The van der Waals surface area contributed by atoms with E-state index in [0.29, 0.717) is 47.7 Å². The number of benzene rings is 2. The van der Waals surface area contributed by atoms with Gasteiger partial charge < -0.3 is 19.5 Å². The van der Waals surface area contributed by atoms with Crippen LogP contribution in [0.25, 0.3) is 0 Å². The van der Waals surface area contributed by atoms with Crippen LogP contribution in [0, 0.1) is 6.92 Å². The van der Waals surface area contributed by atoms with Crippen LogP contribution in [0.15, 0.2) is 61.1 Å². The predicted octanol–water partition coefficient (Wildman–Crippen LogP) is 5.18. The van der Waals surface area contributed by atoms with Crippen LogP contribution in [0.2, 0.25) is 5.02 Å². The largest absolute Gasteiger partial charge is 0.490 e. The first-order valence-corrected chi connectivity index (χ1v) is 12.0. The van der Waals surface area contributed by atoms with Gasteiger partial charge in [-0.25, -0.2) is 4.68 Å². The van der Waals surface area contributed by atoms with E-state index in [0.717, 1.165) is 11.1 Å². The van der Waals surface area contributed by atoms with Crippen LogP contribution in [0.4, 0.5) is 5.69 Å². The molecule has 1 amide bonds. The van der Waals surface area contributed by atoms with Gasteiger partial charge in [0.15, 0.2) is 23.9 Å². The molecule has 0 fully saturated rings. The summed E-state index contributed by atoms with van der Waals surface area (Å²) in [7, 11) is 0. The molecule has 0 saturated heterocycles. The molecule has 1 N–H and O–H groups in total. The predicted molar refractivity (Wildman–Crippen MR) is 137 cm³/mol. The Morgan fingerprint density at radius 1 is 1.00 bits per heavy atom. The van der Waals surface area contributed by atoms with E-state index in [2.05, 4.69) is 15.5 Å². The third kappa shape index (κ3) is 6.37. The Balaban J connectivity index is 1.34. The van der Waals surface area contributed by atoms with Gasteiger partial charge >= 0.3 is 0 Å². The topological polar surface area (TPSA) is 92.4 Å². The van der Waals surface area contributed by atoms with Gasteiger partial charge in [-0.1, -0.05) is 17.7 Å². The summed E-state index contributed by atoms with van der Waals surface area (Å²) in [6, 6.07) is 12.8. The second-order valence-corrected chi connectivity index (χ2v) is 8.36. The summed E-state index contributed by atoms with van der Waals surface area (Å²) in [5, 5.41) is 12.1. The minimum atomic E-state index is -0.338. The number of carbonyl (C=O) groups is 1. The van der Waals surface area contributed by atoms with Crippen molar-refractivity contribution in [2.24, 2.45) is 0 Å². The van der Waals surface area contributed by atoms with Gasteiger partial charge in [0.1, 0.15) is 5.75 Å². The number of aromatic nitrogens is 4. The number of hydrogen-bond acceptors (Lipinski definition) is 6. The van der Waals surface area contributed by atoms with Gasteiger partial charge in [0.05, 0.1) is 31.6 Å². The molecule has 36 heavy (non-hydrogen) atoms. The summed E-state index contributed by atoms with van der Waals surface area (Å²) in [6.45, 7) is 7.56. The van der Waals surface area contributed by atoms with Crippen molar-refractivity contribution in [1.29, 1.82) is 0 Å². The molecule has 0 unspecified atom stereocenters. The summed E-state index contributed by atoms with van der Waals surface area (Å²) in [5.74, 6) is 1.75. The third-order valence-electron chi connectivity index (χ3n) is 5.21. The quantitative estimate of drug-likeness (QED) is 0.299. The van der Waals surface area contributed by atoms with E-state index in [-0.39, 0.29) is 18.3 Å². The lowest BCUT2D eigenvalue weighted by atomic mass is 10.2. The first kappa shape index (κ1) is 25.1. The standard InChI is InChI=1S/C26H28ClN5O4/c1-4-34-24-9-6-19(13-25(24)35-5-2)15-32-16-20(14-28-32)29-26(33)23-10-11-31(30-23)17-36-21-7-8-22(27)18(3)12-21/h6-14,16H,4-5,15,17H2,1-3H3,(H,29,33). The lowest BCUT2D eigenvalue weighted by Crippen LogP contribution is -2.14. The van der Waals surface area contributed by atoms with Crippen LogP contribution in [-0.4, -0.2) is 38.7 Å². The number of anilines is 1. The fourth-order valence-electron chi connectivity index (χ4n) is 3.49. The van der Waals surface area contributed by atoms with Crippen LogP contribution in [0.5, 0.6) is 17.2 Å². The molecule has 10 heteroatoms. The number of aryl methyl sites for hydroxylation is 1. The zero-order valence-electron chi connectivity index (χ0n) is 20.4. The van der Waals surface area contributed by atoms with E-state index < -0.39 is 0 Å². The summed E-state index contributed by atoms with van der Waals surface area (Å²) in [4.78, 5) is 12.7. The van der Waals surface area contributed by atoms with Gasteiger partial charge in [-0.3, -0.25) is 9.48 Å². The Kier molecular flexibility index (Phi) is 8.12. The Labute approximate surface area is 214 Å². The van der Waals surface area contributed by atoms with Crippen molar-refractivity contribution in [1.82, 2.24) is 19.6 Å². The van der Waals surface area contributed by atoms with E-state index in [4.69, 9.17) is 25.8 Å². The van der Waals surface area contributed by atoms with E-state index in [1.165, 1.54) is 0 Å². The molecule has 9 nitrogen and oxygen atoms in total. The van der Waals surface area contributed by atoms with Crippen LogP contribution in [0.3, 0.4) is 0 Å². The van der Waals surface area contributed by atoms with Gasteiger partial charge in [0.2, 0.25) is 0 Å². The fourth-order valence-corrected chi connectivity index (χ4v) is 3.61. The molecule has 0 aliphatic rings. The second kappa shape index (κ2) is 11.6. The fraction of sp³-hybridized carbons (Fsp3) is 0.269. The molecule has 0 saturated carbocycles. The first-order valence-electron chi connectivity index (χ1n) is 11.6. The van der Waals surface area contributed by atoms with E-state index in [9.17, 15) is 4.79 Å². The summed E-state index contributed by atoms with van der Waals surface area (Å²) < 4.78 is 20.3. The van der Waals surface area contributed by atoms with Crippen molar-refractivity contribution < 1.29 is 19.0 Å². The highest BCUT2D eigenvalue weighted by Gasteiger charge is 2.12. The number of ether oxygens (including phenoxy) is 3. The Bertz CT molecular complexity index is 1330. The number of halogens is 1. The maximum atomic E-state index is 12.7. The highest BCUT2D eigenvalue weighted by Crippen LogP contribution is 2.29. The smallest absolute Gasteiger partial charge is 0.276 e. The maximum absolute atomic E-state index is 12.7. The lowest BCUT2D eigenvalue weighted by Gasteiger charge is -2.12. The summed E-state index contributed by atoms with van der Waals surface area (Å²) in [6.07, 6.45) is 5.04. The molecule has 0 atom stereocenters. The highest BCUT2D eigenvalue weighted by atomic mass is 35.5. The van der Waals surface area contributed by atoms with Crippen LogP contribution in [0.1, 0.15) is 35.5 Å². The zero-order chi connectivity index (χ0) is 25.5. The highest BCUT2D eigenvalue weighted by molar-refractivity contribution is 6.31. The van der Waals surface area contributed by atoms with Gasteiger partial charge in [-0.05, 0) is 68.3 Å². The Morgan fingerprint density at radius 3 is 2.58 bits per heavy atom. The molecule has 4 rings (SSSR count). The average Bonchev–Trinajstić information content (AvgIpc) is 3.51. The third-order valence-corrected chi connectivity index (χ3v) is 5.63. The summed E-state index contributed by atoms with van der Waals surface area (Å²) in [5.41, 5.74) is 2.76. The molecule has 2 heterocycles. The number of hydrogen-bond donors (Lipinski definition) is 1. The normalized spacial score (nSPS) is 10.8. The minimum absolute atomic E-state index is 0.165. The molecular formula is C26H28ClN5O4. The molecule has 2 aromatic carbocycles. The molecule has 4 aromatic rings. The maximum Gasteiger partial charge on any atom is 0.276 e. The van der Waals surface area contributed by atoms with Gasteiger partial charge in [-0.15, -0.1) is 0 Å². The van der Waals surface area contributed by atoms with Gasteiger partial charge in [-0.2, -0.15) is 10.2 Å². The van der Waals surface area contributed by atoms with E-state index in [1.807, 2.05) is 45.0 Å². The van der Waals surface area contributed by atoms with E-state index in [1.54, 1.807) is 46.2 Å². The van der Waals surface area contributed by atoms with Crippen molar-refractivity contribution in [3.05, 3.63) is 82.9 Å². The minimum Gasteiger partial charge on any atom is -0.490 e. The average molecular weight is 510 g/mol. The molecule has 0 spiro atoms. The van der Waals surface area contributed by atoms with Crippen molar-refractivity contribution in [2.45, 2.75) is 34.0 Å². The Morgan fingerprint density at radius 2 is 1.81 bits per heavy atom. The lowest BCUT2D eigenvalue weighted by molar-refractivity contribution is 0.102. The SMILES string of the molecule is CCOc1ccc(Cn2cc(NC(=O)c3ccn(COc4ccc(Cl)c(C)c4)n3)cn2)cc1OCC. The second-order valence-electron chi connectivity index (χ2n) is 7.95. The van der Waals surface area contributed by atoms with Crippen molar-refractivity contribution >= 4 is 23.2 Å². The summed E-state index contributed by atoms with van der Waals surface area (Å²) >= 11 is 6.05. The number of nitrogens with one attached hydrogen (secondary N) is 1. The molecule has 0 aliphatic heterocycles. The molecule has 0 aliphatic carbocycles. The molecule has 188 valence electrons. The number of amides is 1. The first-order chi connectivity index (χ1) is 17.4. The van der Waals surface area contributed by atoms with Crippen LogP contribution < -0.4 is 19.5 Å². The molecule has 0 radical (unpaired) electrons. The molecule has 0 bridgehead atoms. The zero-order valence-corrected chi connectivity index (χ0v) is 21.2. The van der Waals surface area contributed by atoms with Gasteiger partial charge in [0, 0.05) is 17.4 Å². The van der Waals surface area contributed by atoms with Gasteiger partial charge in [0.25, 0.3) is 5.91 Å². The monoisotopic (exact) mass is 509 g/mol. The number of rotatable bonds is 11. The van der Waals surface area contributed by atoms with Crippen molar-refractivity contribution in [3.8, 4) is 17.2 Å². The van der Waals surface area contributed by atoms with Crippen LogP contribution in [-0.2, 0) is 13.3 Å². The number of carbonyl (C=O) groups excluding carboxylic acids is 1. The van der Waals surface area contributed by atoms with Crippen molar-refractivity contribution in [2.75, 3.05) is 18.5 Å². The molecule has 2 aromatic heterocycles. The molecular weight excluding hydrogens is 482 g/mol. The number of nitrogens with zero attached hydrogens (tertiary/aromatic N) is 4.